The van der Waals surface area contributed by atoms with Crippen LogP contribution in [0.15, 0.2) is 54.6 Å². The van der Waals surface area contributed by atoms with E-state index in [1.807, 2.05) is 30.3 Å². The minimum atomic E-state index is -1.52. The van der Waals surface area contributed by atoms with Crippen molar-refractivity contribution in [2.45, 2.75) is 38.5 Å². The monoisotopic (exact) mass is 357 g/mol. The Labute approximate surface area is 152 Å². The number of aliphatic hydroxyl groups is 1. The normalized spacial score (nSPS) is 13.5. The summed E-state index contributed by atoms with van der Waals surface area (Å²) in [5.41, 5.74) is 1.56. The summed E-state index contributed by atoms with van der Waals surface area (Å²) in [6.07, 6.45) is -2.31. The highest BCUT2D eigenvalue weighted by Crippen LogP contribution is 2.23. The summed E-state index contributed by atoms with van der Waals surface area (Å²) >= 11 is 0. The first-order chi connectivity index (χ1) is 12.2. The van der Waals surface area contributed by atoms with E-state index in [2.05, 4.69) is 5.32 Å². The SMILES string of the molecule is CC(C)(C)OC(=O)NC(C(=O)O)C(O)c1ccc(-c2ccccc2)cc1. The van der Waals surface area contributed by atoms with E-state index < -0.39 is 29.8 Å². The maximum atomic E-state index is 11.8. The zero-order valence-electron chi connectivity index (χ0n) is 15.0. The largest absolute Gasteiger partial charge is 0.480 e. The molecule has 0 aliphatic carbocycles. The topological polar surface area (TPSA) is 95.9 Å². The number of carbonyl (C=O) groups excluding carboxylic acids is 1. The standard InChI is InChI=1S/C20H23NO5/c1-20(2,3)26-19(25)21-16(18(23)24)17(22)15-11-9-14(10-12-15)13-7-5-4-6-8-13/h4-12,16-17,22H,1-3H3,(H,21,25)(H,23,24). The van der Waals surface area contributed by atoms with Crippen molar-refractivity contribution in [3.63, 3.8) is 0 Å². The van der Waals surface area contributed by atoms with Gasteiger partial charge in [0.05, 0.1) is 0 Å². The summed E-state index contributed by atoms with van der Waals surface area (Å²) in [7, 11) is 0. The zero-order chi connectivity index (χ0) is 19.3. The van der Waals surface area contributed by atoms with E-state index in [4.69, 9.17) is 4.74 Å². The Morgan fingerprint density at radius 2 is 1.50 bits per heavy atom. The second-order valence-corrected chi connectivity index (χ2v) is 6.90. The number of benzene rings is 2. The minimum Gasteiger partial charge on any atom is -0.480 e. The lowest BCUT2D eigenvalue weighted by atomic mass is 9.98. The Morgan fingerprint density at radius 3 is 2.00 bits per heavy atom. The average molecular weight is 357 g/mol. The van der Waals surface area contributed by atoms with Gasteiger partial charge in [0.1, 0.15) is 11.7 Å². The van der Waals surface area contributed by atoms with Crippen LogP contribution in [0.4, 0.5) is 4.79 Å². The quantitative estimate of drug-likeness (QED) is 0.762. The van der Waals surface area contributed by atoms with Crippen LogP contribution >= 0.6 is 0 Å². The number of amides is 1. The number of hydrogen-bond donors (Lipinski definition) is 3. The molecule has 2 aromatic rings. The molecule has 0 spiro atoms. The van der Waals surface area contributed by atoms with Crippen LogP contribution in [0.2, 0.25) is 0 Å². The predicted octanol–water partition coefficient (Wildman–Crippen LogP) is 3.36. The van der Waals surface area contributed by atoms with E-state index in [-0.39, 0.29) is 0 Å². The molecule has 0 radical (unpaired) electrons. The number of hydrogen-bond acceptors (Lipinski definition) is 4. The molecule has 6 heteroatoms. The fourth-order valence-corrected chi connectivity index (χ4v) is 2.41. The smallest absolute Gasteiger partial charge is 0.408 e. The van der Waals surface area contributed by atoms with Gasteiger partial charge in [-0.25, -0.2) is 9.59 Å². The van der Waals surface area contributed by atoms with Crippen molar-refractivity contribution < 1.29 is 24.5 Å². The Balaban J connectivity index is 2.14. The summed E-state index contributed by atoms with van der Waals surface area (Å²) in [4.78, 5) is 23.3. The van der Waals surface area contributed by atoms with Crippen LogP contribution < -0.4 is 5.32 Å². The molecule has 0 saturated carbocycles. The lowest BCUT2D eigenvalue weighted by molar-refractivity contribution is -0.142. The molecule has 138 valence electrons. The first-order valence-corrected chi connectivity index (χ1v) is 8.23. The van der Waals surface area contributed by atoms with Crippen molar-refractivity contribution in [2.24, 2.45) is 0 Å². The highest BCUT2D eigenvalue weighted by atomic mass is 16.6. The molecule has 0 fully saturated rings. The Morgan fingerprint density at radius 1 is 0.962 bits per heavy atom. The fraction of sp³-hybridized carbons (Fsp3) is 0.300. The minimum absolute atomic E-state index is 0.383. The van der Waals surface area contributed by atoms with Crippen LogP contribution in [0.25, 0.3) is 11.1 Å². The molecule has 0 bridgehead atoms. The summed E-state index contributed by atoms with van der Waals surface area (Å²) in [6.45, 7) is 5.00. The first kappa shape index (κ1) is 19.5. The van der Waals surface area contributed by atoms with Gasteiger partial charge in [-0.1, -0.05) is 54.6 Å². The second-order valence-electron chi connectivity index (χ2n) is 6.90. The van der Waals surface area contributed by atoms with E-state index >= 15 is 0 Å². The number of alkyl carbamates (subject to hydrolysis) is 1. The van der Waals surface area contributed by atoms with E-state index in [9.17, 15) is 19.8 Å². The van der Waals surface area contributed by atoms with E-state index in [1.54, 1.807) is 45.0 Å². The molecule has 0 aliphatic heterocycles. The Hall–Kier alpha value is -2.86. The molecule has 2 unspecified atom stereocenters. The van der Waals surface area contributed by atoms with Gasteiger partial charge in [-0.15, -0.1) is 0 Å². The number of aliphatic carboxylic acids is 1. The summed E-state index contributed by atoms with van der Waals surface area (Å²) in [5, 5.41) is 22.0. The van der Waals surface area contributed by atoms with Gasteiger partial charge in [0.15, 0.2) is 6.04 Å². The molecular formula is C20H23NO5. The highest BCUT2D eigenvalue weighted by molar-refractivity contribution is 5.81. The summed E-state index contributed by atoms with van der Waals surface area (Å²) in [5.74, 6) is -1.35. The molecule has 26 heavy (non-hydrogen) atoms. The van der Waals surface area contributed by atoms with Crippen LogP contribution in [0.1, 0.15) is 32.4 Å². The third-order valence-electron chi connectivity index (χ3n) is 3.61. The van der Waals surface area contributed by atoms with E-state index in [0.717, 1.165) is 11.1 Å². The Bertz CT molecular complexity index is 750. The van der Waals surface area contributed by atoms with Crippen LogP contribution in [-0.4, -0.2) is 33.9 Å². The third-order valence-corrected chi connectivity index (χ3v) is 3.61. The van der Waals surface area contributed by atoms with Gasteiger partial charge in [-0.3, -0.25) is 0 Å². The van der Waals surface area contributed by atoms with Crippen LogP contribution in [0, 0.1) is 0 Å². The van der Waals surface area contributed by atoms with Gasteiger partial charge in [-0.2, -0.15) is 0 Å². The van der Waals surface area contributed by atoms with Crippen LogP contribution in [0.5, 0.6) is 0 Å². The number of ether oxygens (including phenoxy) is 1. The maximum absolute atomic E-state index is 11.8. The molecule has 2 atom stereocenters. The number of carbonyl (C=O) groups is 2. The second kappa shape index (κ2) is 8.01. The molecule has 2 rings (SSSR count). The van der Waals surface area contributed by atoms with Gasteiger partial charge in [0, 0.05) is 0 Å². The molecular weight excluding hydrogens is 334 g/mol. The average Bonchev–Trinajstić information content (AvgIpc) is 2.58. The van der Waals surface area contributed by atoms with Crippen LogP contribution in [-0.2, 0) is 9.53 Å². The first-order valence-electron chi connectivity index (χ1n) is 8.23. The van der Waals surface area contributed by atoms with Crippen molar-refractivity contribution in [3.05, 3.63) is 60.2 Å². The van der Waals surface area contributed by atoms with Gasteiger partial charge >= 0.3 is 12.1 Å². The zero-order valence-corrected chi connectivity index (χ0v) is 15.0. The van der Waals surface area contributed by atoms with Gasteiger partial charge in [-0.05, 0) is 37.5 Å². The molecule has 0 aromatic heterocycles. The predicted molar refractivity (Wildman–Crippen MR) is 97.6 cm³/mol. The van der Waals surface area contributed by atoms with Crippen LogP contribution in [0.3, 0.4) is 0 Å². The van der Waals surface area contributed by atoms with Gasteiger partial charge in [0.2, 0.25) is 0 Å². The summed E-state index contributed by atoms with van der Waals surface area (Å²) in [6, 6.07) is 15.0. The summed E-state index contributed by atoms with van der Waals surface area (Å²) < 4.78 is 5.06. The molecule has 0 saturated heterocycles. The molecule has 6 nitrogen and oxygen atoms in total. The fourth-order valence-electron chi connectivity index (χ4n) is 2.41. The van der Waals surface area contributed by atoms with Gasteiger partial charge < -0.3 is 20.3 Å². The number of nitrogens with one attached hydrogen (secondary N) is 1. The number of carboxylic acid groups (broad SMARTS) is 1. The number of rotatable bonds is 5. The molecule has 1 amide bonds. The van der Waals surface area contributed by atoms with Crippen molar-refractivity contribution in [1.82, 2.24) is 5.32 Å². The maximum Gasteiger partial charge on any atom is 0.408 e. The number of carboxylic acids is 1. The highest BCUT2D eigenvalue weighted by Gasteiger charge is 2.31. The van der Waals surface area contributed by atoms with Crippen molar-refractivity contribution in [1.29, 1.82) is 0 Å². The van der Waals surface area contributed by atoms with Gasteiger partial charge in [0.25, 0.3) is 0 Å². The van der Waals surface area contributed by atoms with E-state index in [0.29, 0.717) is 5.56 Å². The lowest BCUT2D eigenvalue weighted by Crippen LogP contribution is -2.46. The third kappa shape index (κ3) is 5.32. The van der Waals surface area contributed by atoms with Crippen molar-refractivity contribution >= 4 is 12.1 Å². The molecule has 3 N–H and O–H groups in total. The molecule has 2 aromatic carbocycles. The molecule has 0 heterocycles. The van der Waals surface area contributed by atoms with E-state index in [1.165, 1.54) is 0 Å². The van der Waals surface area contributed by atoms with Crippen molar-refractivity contribution in [2.75, 3.05) is 0 Å². The number of aliphatic hydroxyl groups excluding tert-OH is 1. The Kier molecular flexibility index (Phi) is 6.00. The lowest BCUT2D eigenvalue weighted by Gasteiger charge is -2.24. The van der Waals surface area contributed by atoms with Crippen molar-refractivity contribution in [3.8, 4) is 11.1 Å². The molecule has 0 aliphatic rings.